The van der Waals surface area contributed by atoms with E-state index in [1.54, 1.807) is 0 Å². The first-order chi connectivity index (χ1) is 26.5. The number of carbonyl (C=O) groups is 2. The minimum absolute atomic E-state index is 0.0653. The van der Waals surface area contributed by atoms with Crippen molar-refractivity contribution in [3.63, 3.8) is 0 Å². The molecule has 0 aliphatic rings. The molecule has 0 rings (SSSR count). The average molecular weight is 756 g/mol. The number of hydrogen-bond acceptors (Lipinski definition) is 5. The van der Waals surface area contributed by atoms with Crippen molar-refractivity contribution in [2.75, 3.05) is 6.61 Å². The van der Waals surface area contributed by atoms with Gasteiger partial charge in [0.15, 0.2) is 0 Å². The summed E-state index contributed by atoms with van der Waals surface area (Å²) in [5.41, 5.74) is 0. The smallest absolute Gasteiger partial charge is 0.306 e. The Balaban J connectivity index is 4.49. The van der Waals surface area contributed by atoms with Crippen molar-refractivity contribution in [3.05, 3.63) is 60.8 Å². The second-order valence-corrected chi connectivity index (χ2v) is 15.2. The van der Waals surface area contributed by atoms with Gasteiger partial charge < -0.3 is 20.3 Å². The van der Waals surface area contributed by atoms with E-state index < -0.39 is 18.2 Å². The second-order valence-electron chi connectivity index (χ2n) is 15.2. The van der Waals surface area contributed by atoms with E-state index in [4.69, 9.17) is 4.74 Å². The molecule has 54 heavy (non-hydrogen) atoms. The Hall–Kier alpha value is -2.44. The summed E-state index contributed by atoms with van der Waals surface area (Å²) >= 11 is 0. The van der Waals surface area contributed by atoms with E-state index >= 15 is 0 Å². The van der Waals surface area contributed by atoms with Gasteiger partial charge in [-0.1, -0.05) is 210 Å². The molecule has 3 N–H and O–H groups in total. The quantitative estimate of drug-likeness (QED) is 0.0330. The van der Waals surface area contributed by atoms with E-state index in [0.717, 1.165) is 83.5 Å². The van der Waals surface area contributed by atoms with E-state index in [9.17, 15) is 19.8 Å². The second kappa shape index (κ2) is 41.7. The fraction of sp³-hybridized carbons (Fsp3) is 0.750. The van der Waals surface area contributed by atoms with Crippen LogP contribution in [-0.2, 0) is 14.3 Å². The highest BCUT2D eigenvalue weighted by Crippen LogP contribution is 2.17. The van der Waals surface area contributed by atoms with Crippen LogP contribution < -0.4 is 5.32 Å². The summed E-state index contributed by atoms with van der Waals surface area (Å²) in [6, 6.07) is -0.703. The van der Waals surface area contributed by atoms with E-state index in [1.165, 1.54) is 77.0 Å². The van der Waals surface area contributed by atoms with Crippen LogP contribution in [0.5, 0.6) is 0 Å². The maximum absolute atomic E-state index is 13.1. The predicted molar refractivity (Wildman–Crippen MR) is 232 cm³/mol. The third-order valence-corrected chi connectivity index (χ3v) is 9.96. The molecule has 0 aromatic heterocycles. The monoisotopic (exact) mass is 756 g/mol. The predicted octanol–water partition coefficient (Wildman–Crippen LogP) is 12.9. The summed E-state index contributed by atoms with van der Waals surface area (Å²) < 4.78 is 5.86. The lowest BCUT2D eigenvalue weighted by Gasteiger charge is -2.24. The third kappa shape index (κ3) is 36.5. The molecular formula is C48H85NO5. The average Bonchev–Trinajstić information content (AvgIpc) is 3.16. The first kappa shape index (κ1) is 51.6. The van der Waals surface area contributed by atoms with Crippen LogP contribution in [0.15, 0.2) is 60.8 Å². The van der Waals surface area contributed by atoms with E-state index in [-0.39, 0.29) is 24.9 Å². The molecule has 0 saturated heterocycles. The molecule has 3 unspecified atom stereocenters. The van der Waals surface area contributed by atoms with Crippen molar-refractivity contribution in [1.29, 1.82) is 0 Å². The van der Waals surface area contributed by atoms with Crippen molar-refractivity contribution < 1.29 is 24.5 Å². The summed E-state index contributed by atoms with van der Waals surface area (Å²) in [4.78, 5) is 25.9. The number of aliphatic hydroxyl groups excluding tert-OH is 2. The Labute approximate surface area is 333 Å². The van der Waals surface area contributed by atoms with Gasteiger partial charge in [0.25, 0.3) is 0 Å². The Morgan fingerprint density at radius 2 is 0.981 bits per heavy atom. The normalized spacial score (nSPS) is 13.9. The van der Waals surface area contributed by atoms with Crippen LogP contribution in [0, 0.1) is 0 Å². The fourth-order valence-electron chi connectivity index (χ4n) is 6.52. The van der Waals surface area contributed by atoms with Crippen LogP contribution >= 0.6 is 0 Å². The highest BCUT2D eigenvalue weighted by atomic mass is 16.5. The summed E-state index contributed by atoms with van der Waals surface area (Å²) in [5.74, 6) is -0.511. The Kier molecular flexibility index (Phi) is 39.8. The van der Waals surface area contributed by atoms with Crippen molar-refractivity contribution in [2.45, 2.75) is 225 Å². The number of rotatable bonds is 39. The molecule has 312 valence electrons. The van der Waals surface area contributed by atoms with Gasteiger partial charge in [0, 0.05) is 6.42 Å². The summed E-state index contributed by atoms with van der Waals surface area (Å²) in [7, 11) is 0. The molecule has 6 nitrogen and oxygen atoms in total. The van der Waals surface area contributed by atoms with Gasteiger partial charge in [0.05, 0.1) is 25.2 Å². The zero-order valence-electron chi connectivity index (χ0n) is 35.3. The van der Waals surface area contributed by atoms with Crippen LogP contribution in [0.25, 0.3) is 0 Å². The molecule has 0 saturated carbocycles. The molecule has 0 aliphatic carbocycles. The first-order valence-electron chi connectivity index (χ1n) is 22.6. The van der Waals surface area contributed by atoms with Crippen molar-refractivity contribution >= 4 is 11.9 Å². The Bertz CT molecular complexity index is 984. The standard InChI is InChI=1S/C48H85NO5/c1-4-7-10-13-16-18-20-21-22-23-24-25-26-27-29-32-35-38-41-48(53)54-44(39-36-33-30-15-12-9-6-3)42-47(52)49-45(43-50)46(51)40-37-34-31-28-19-17-14-11-8-5-2/h10,13,16,18,20-25,44-46,50-51H,4-9,11-12,14-15,17,19,26-43H2,1-3H3,(H,49,52)/b13-10+,18-16+,21-20+,23-22+,25-24+. The van der Waals surface area contributed by atoms with Crippen LogP contribution in [0.4, 0.5) is 0 Å². The van der Waals surface area contributed by atoms with E-state index in [2.05, 4.69) is 62.5 Å². The number of nitrogens with one attached hydrogen (secondary N) is 1. The highest BCUT2D eigenvalue weighted by molar-refractivity contribution is 5.77. The van der Waals surface area contributed by atoms with Crippen LogP contribution in [-0.4, -0.2) is 46.9 Å². The molecule has 0 bridgehead atoms. The van der Waals surface area contributed by atoms with Gasteiger partial charge in [-0.3, -0.25) is 9.59 Å². The van der Waals surface area contributed by atoms with Gasteiger partial charge in [0.2, 0.25) is 5.91 Å². The maximum atomic E-state index is 13.1. The van der Waals surface area contributed by atoms with Crippen molar-refractivity contribution in [2.24, 2.45) is 0 Å². The third-order valence-electron chi connectivity index (χ3n) is 9.96. The Morgan fingerprint density at radius 1 is 0.537 bits per heavy atom. The molecular weight excluding hydrogens is 671 g/mol. The zero-order valence-corrected chi connectivity index (χ0v) is 35.3. The van der Waals surface area contributed by atoms with E-state index in [1.807, 2.05) is 24.3 Å². The molecule has 0 fully saturated rings. The van der Waals surface area contributed by atoms with Crippen molar-refractivity contribution in [3.8, 4) is 0 Å². The highest BCUT2D eigenvalue weighted by Gasteiger charge is 2.24. The number of esters is 1. The van der Waals surface area contributed by atoms with E-state index in [0.29, 0.717) is 19.3 Å². The van der Waals surface area contributed by atoms with Gasteiger partial charge in [0.1, 0.15) is 6.10 Å². The maximum Gasteiger partial charge on any atom is 0.306 e. The van der Waals surface area contributed by atoms with Gasteiger partial charge >= 0.3 is 5.97 Å². The van der Waals surface area contributed by atoms with Crippen LogP contribution in [0.1, 0.15) is 207 Å². The molecule has 1 amide bonds. The largest absolute Gasteiger partial charge is 0.462 e. The fourth-order valence-corrected chi connectivity index (χ4v) is 6.52. The lowest BCUT2D eigenvalue weighted by atomic mass is 10.0. The lowest BCUT2D eigenvalue weighted by molar-refractivity contribution is -0.151. The van der Waals surface area contributed by atoms with Crippen molar-refractivity contribution in [1.82, 2.24) is 5.32 Å². The molecule has 3 atom stereocenters. The molecule has 0 spiro atoms. The molecule has 6 heteroatoms. The van der Waals surface area contributed by atoms with Gasteiger partial charge in [-0.25, -0.2) is 0 Å². The van der Waals surface area contributed by atoms with Crippen LogP contribution in [0.3, 0.4) is 0 Å². The molecule has 0 aliphatic heterocycles. The number of unbranched alkanes of at least 4 members (excludes halogenated alkanes) is 21. The number of ether oxygens (including phenoxy) is 1. The minimum atomic E-state index is -0.789. The summed E-state index contributed by atoms with van der Waals surface area (Å²) in [6.07, 6.45) is 50.0. The first-order valence-corrected chi connectivity index (χ1v) is 22.6. The number of amides is 1. The number of aliphatic hydroxyl groups is 2. The lowest BCUT2D eigenvalue weighted by Crippen LogP contribution is -2.46. The number of allylic oxidation sites excluding steroid dienone is 10. The Morgan fingerprint density at radius 3 is 1.50 bits per heavy atom. The van der Waals surface area contributed by atoms with Crippen LogP contribution in [0.2, 0.25) is 0 Å². The minimum Gasteiger partial charge on any atom is -0.462 e. The molecule has 0 radical (unpaired) electrons. The number of carbonyl (C=O) groups excluding carboxylic acids is 2. The SMILES string of the molecule is CCC/C=C/C=C/C=C/C=C/C=C/CCCCCCCC(=O)OC(CCCCCCCCC)CC(=O)NC(CO)C(O)CCCCCCCCCCCC. The summed E-state index contributed by atoms with van der Waals surface area (Å²) in [6.45, 7) is 6.33. The zero-order chi connectivity index (χ0) is 39.6. The van der Waals surface area contributed by atoms with Gasteiger partial charge in [-0.05, 0) is 44.9 Å². The number of hydrogen-bond donors (Lipinski definition) is 3. The molecule has 0 aromatic rings. The molecule has 0 heterocycles. The summed E-state index contributed by atoms with van der Waals surface area (Å²) in [5, 5.41) is 23.5. The van der Waals surface area contributed by atoms with Gasteiger partial charge in [-0.2, -0.15) is 0 Å². The van der Waals surface area contributed by atoms with Gasteiger partial charge in [-0.15, -0.1) is 0 Å². The molecule has 0 aromatic carbocycles. The topological polar surface area (TPSA) is 95.9 Å².